The lowest BCUT2D eigenvalue weighted by Crippen LogP contribution is -2.44. The van der Waals surface area contributed by atoms with Crippen molar-refractivity contribution in [2.24, 2.45) is 11.8 Å². The Morgan fingerprint density at radius 2 is 2.00 bits per heavy atom. The Hall–Kier alpha value is -0.610. The fraction of sp³-hybridized carbons (Fsp3) is 0.923. The lowest BCUT2D eigenvalue weighted by Gasteiger charge is -2.19. The third kappa shape index (κ3) is 4.28. The second-order valence-corrected chi connectivity index (χ2v) is 4.74. The van der Waals surface area contributed by atoms with Crippen LogP contribution < -0.4 is 10.6 Å². The van der Waals surface area contributed by atoms with Crippen LogP contribution in [-0.2, 0) is 9.53 Å². The zero-order chi connectivity index (χ0) is 12.7. The van der Waals surface area contributed by atoms with Gasteiger partial charge in [-0.15, -0.1) is 0 Å². The number of likely N-dealkylation sites (N-methyl/N-ethyl adjacent to an activating group) is 1. The van der Waals surface area contributed by atoms with Crippen LogP contribution in [0.15, 0.2) is 0 Å². The van der Waals surface area contributed by atoms with Gasteiger partial charge in [-0.3, -0.25) is 4.79 Å². The van der Waals surface area contributed by atoms with Gasteiger partial charge in [0, 0.05) is 12.6 Å². The SMILES string of the molecule is CCNC1COCC1C(=O)NCC(CC)CC. The summed E-state index contributed by atoms with van der Waals surface area (Å²) in [5, 5.41) is 6.36. The van der Waals surface area contributed by atoms with E-state index in [9.17, 15) is 4.79 Å². The lowest BCUT2D eigenvalue weighted by molar-refractivity contribution is -0.125. The van der Waals surface area contributed by atoms with E-state index in [1.165, 1.54) is 0 Å². The van der Waals surface area contributed by atoms with E-state index < -0.39 is 0 Å². The van der Waals surface area contributed by atoms with Crippen LogP contribution in [0.3, 0.4) is 0 Å². The van der Waals surface area contributed by atoms with Gasteiger partial charge < -0.3 is 15.4 Å². The van der Waals surface area contributed by atoms with Gasteiger partial charge in [-0.1, -0.05) is 33.6 Å². The Labute approximate surface area is 104 Å². The first kappa shape index (κ1) is 14.5. The minimum absolute atomic E-state index is 0.0238. The van der Waals surface area contributed by atoms with E-state index in [4.69, 9.17) is 4.74 Å². The molecular formula is C13H26N2O2. The number of carbonyl (C=O) groups is 1. The van der Waals surface area contributed by atoms with Crippen molar-refractivity contribution in [1.29, 1.82) is 0 Å². The van der Waals surface area contributed by atoms with Gasteiger partial charge in [0.1, 0.15) is 0 Å². The van der Waals surface area contributed by atoms with E-state index in [2.05, 4.69) is 31.4 Å². The zero-order valence-electron chi connectivity index (χ0n) is 11.3. The maximum Gasteiger partial charge on any atom is 0.227 e. The Morgan fingerprint density at radius 1 is 1.29 bits per heavy atom. The molecule has 0 saturated carbocycles. The monoisotopic (exact) mass is 242 g/mol. The molecule has 2 atom stereocenters. The van der Waals surface area contributed by atoms with Crippen LogP contribution >= 0.6 is 0 Å². The second kappa shape index (κ2) is 7.67. The molecule has 1 rings (SSSR count). The molecule has 1 fully saturated rings. The molecule has 1 amide bonds. The van der Waals surface area contributed by atoms with Crippen molar-refractivity contribution in [3.8, 4) is 0 Å². The molecule has 0 bridgehead atoms. The van der Waals surface area contributed by atoms with Gasteiger partial charge in [-0.05, 0) is 12.5 Å². The van der Waals surface area contributed by atoms with Crippen LogP contribution in [-0.4, -0.2) is 38.3 Å². The molecule has 0 aromatic heterocycles. The number of carbonyl (C=O) groups excluding carboxylic acids is 1. The highest BCUT2D eigenvalue weighted by molar-refractivity contribution is 5.79. The molecule has 4 nitrogen and oxygen atoms in total. The first-order valence-electron chi connectivity index (χ1n) is 6.81. The van der Waals surface area contributed by atoms with Gasteiger partial charge in [0.15, 0.2) is 0 Å². The lowest BCUT2D eigenvalue weighted by atomic mass is 10.0. The average molecular weight is 242 g/mol. The van der Waals surface area contributed by atoms with Crippen molar-refractivity contribution in [3.05, 3.63) is 0 Å². The van der Waals surface area contributed by atoms with Crippen LogP contribution in [0.5, 0.6) is 0 Å². The summed E-state index contributed by atoms with van der Waals surface area (Å²) < 4.78 is 5.38. The Bertz CT molecular complexity index is 229. The minimum atomic E-state index is -0.0238. The topological polar surface area (TPSA) is 50.4 Å². The molecule has 17 heavy (non-hydrogen) atoms. The fourth-order valence-electron chi connectivity index (χ4n) is 2.23. The number of hydrogen-bond donors (Lipinski definition) is 2. The highest BCUT2D eigenvalue weighted by Crippen LogP contribution is 2.14. The summed E-state index contributed by atoms with van der Waals surface area (Å²) in [5.41, 5.74) is 0. The molecule has 0 aliphatic carbocycles. The standard InChI is InChI=1S/C13H26N2O2/c1-4-10(5-2)7-15-13(16)11-8-17-9-12(11)14-6-3/h10-12,14H,4-9H2,1-3H3,(H,15,16). The Kier molecular flexibility index (Phi) is 6.52. The minimum Gasteiger partial charge on any atom is -0.379 e. The van der Waals surface area contributed by atoms with Crippen LogP contribution in [0.2, 0.25) is 0 Å². The molecule has 1 aliphatic rings. The first-order chi connectivity index (χ1) is 8.22. The van der Waals surface area contributed by atoms with Gasteiger partial charge in [0.2, 0.25) is 5.91 Å². The summed E-state index contributed by atoms with van der Waals surface area (Å²) in [7, 11) is 0. The van der Waals surface area contributed by atoms with Gasteiger partial charge in [0.25, 0.3) is 0 Å². The smallest absolute Gasteiger partial charge is 0.227 e. The van der Waals surface area contributed by atoms with E-state index in [-0.39, 0.29) is 17.9 Å². The largest absolute Gasteiger partial charge is 0.379 e. The molecule has 2 N–H and O–H groups in total. The number of nitrogens with one attached hydrogen (secondary N) is 2. The normalized spacial score (nSPS) is 24.2. The number of ether oxygens (including phenoxy) is 1. The van der Waals surface area contributed by atoms with Gasteiger partial charge >= 0.3 is 0 Å². The van der Waals surface area contributed by atoms with Crippen LogP contribution in [0.4, 0.5) is 0 Å². The number of rotatable bonds is 7. The maximum absolute atomic E-state index is 12.0. The molecule has 0 radical (unpaired) electrons. The van der Waals surface area contributed by atoms with E-state index >= 15 is 0 Å². The third-order valence-corrected chi connectivity index (χ3v) is 3.60. The Balaban J connectivity index is 2.35. The van der Waals surface area contributed by atoms with E-state index in [1.54, 1.807) is 0 Å². The molecule has 1 heterocycles. The van der Waals surface area contributed by atoms with Gasteiger partial charge in [-0.25, -0.2) is 0 Å². The molecule has 0 aromatic carbocycles. The van der Waals surface area contributed by atoms with E-state index in [1.807, 2.05) is 0 Å². The summed E-state index contributed by atoms with van der Waals surface area (Å²) in [4.78, 5) is 12.0. The molecule has 1 saturated heterocycles. The molecule has 0 aromatic rings. The van der Waals surface area contributed by atoms with Crippen molar-refractivity contribution in [2.45, 2.75) is 39.7 Å². The first-order valence-corrected chi connectivity index (χ1v) is 6.81. The summed E-state index contributed by atoms with van der Waals surface area (Å²) >= 11 is 0. The van der Waals surface area contributed by atoms with Crippen molar-refractivity contribution < 1.29 is 9.53 Å². The maximum atomic E-state index is 12.0. The fourth-order valence-corrected chi connectivity index (χ4v) is 2.23. The summed E-state index contributed by atoms with van der Waals surface area (Å²) in [6.45, 7) is 9.26. The summed E-state index contributed by atoms with van der Waals surface area (Å²) in [6, 6.07) is 0.182. The van der Waals surface area contributed by atoms with Gasteiger partial charge in [0.05, 0.1) is 19.1 Å². The van der Waals surface area contributed by atoms with Crippen molar-refractivity contribution in [2.75, 3.05) is 26.3 Å². The quantitative estimate of drug-likeness (QED) is 0.704. The predicted molar refractivity (Wildman–Crippen MR) is 68.9 cm³/mol. The summed E-state index contributed by atoms with van der Waals surface area (Å²) in [6.07, 6.45) is 2.24. The summed E-state index contributed by atoms with van der Waals surface area (Å²) in [5.74, 6) is 0.712. The molecule has 100 valence electrons. The number of amides is 1. The Morgan fingerprint density at radius 3 is 2.59 bits per heavy atom. The van der Waals surface area contributed by atoms with Crippen molar-refractivity contribution >= 4 is 5.91 Å². The van der Waals surface area contributed by atoms with Gasteiger partial charge in [-0.2, -0.15) is 0 Å². The second-order valence-electron chi connectivity index (χ2n) is 4.74. The molecule has 1 aliphatic heterocycles. The molecule has 0 spiro atoms. The van der Waals surface area contributed by atoms with E-state index in [0.29, 0.717) is 19.1 Å². The molecular weight excluding hydrogens is 216 g/mol. The van der Waals surface area contributed by atoms with Crippen LogP contribution in [0.1, 0.15) is 33.6 Å². The predicted octanol–water partition coefficient (Wildman–Crippen LogP) is 1.16. The zero-order valence-corrected chi connectivity index (χ0v) is 11.3. The number of hydrogen-bond acceptors (Lipinski definition) is 3. The van der Waals surface area contributed by atoms with Crippen molar-refractivity contribution in [3.63, 3.8) is 0 Å². The molecule has 4 heteroatoms. The highest BCUT2D eigenvalue weighted by Gasteiger charge is 2.33. The van der Waals surface area contributed by atoms with Crippen molar-refractivity contribution in [1.82, 2.24) is 10.6 Å². The average Bonchev–Trinajstić information content (AvgIpc) is 2.79. The highest BCUT2D eigenvalue weighted by atomic mass is 16.5. The molecule has 2 unspecified atom stereocenters. The van der Waals surface area contributed by atoms with Crippen LogP contribution in [0.25, 0.3) is 0 Å². The third-order valence-electron chi connectivity index (χ3n) is 3.60. The van der Waals surface area contributed by atoms with Crippen LogP contribution in [0, 0.1) is 11.8 Å². The van der Waals surface area contributed by atoms with E-state index in [0.717, 1.165) is 25.9 Å².